The zero-order valence-corrected chi connectivity index (χ0v) is 16.4. The number of nitrogens with zero attached hydrogens (tertiary/aromatic N) is 1. The van der Waals surface area contributed by atoms with E-state index in [0.29, 0.717) is 12.6 Å². The smallest absolute Gasteiger partial charge is 0.423 e. The third kappa shape index (κ3) is 4.03. The van der Waals surface area contributed by atoms with Gasteiger partial charge in [-0.2, -0.15) is 0 Å². The SMILES string of the molecule is OB1OCc2cc(CN3CCC(CN[C@@H]4C[C@H]4c4ccccc4)CC3)ccc21. The van der Waals surface area contributed by atoms with Gasteiger partial charge in [0.25, 0.3) is 0 Å². The Kier molecular flexibility index (Phi) is 5.25. The molecule has 5 rings (SSSR count). The van der Waals surface area contributed by atoms with E-state index in [9.17, 15) is 5.02 Å². The number of likely N-dealkylation sites (tertiary alicyclic amines) is 1. The molecule has 2 aromatic carbocycles. The van der Waals surface area contributed by atoms with Gasteiger partial charge in [0.15, 0.2) is 0 Å². The summed E-state index contributed by atoms with van der Waals surface area (Å²) in [5.41, 5.74) is 4.89. The molecule has 2 fully saturated rings. The maximum Gasteiger partial charge on any atom is 0.491 e. The summed E-state index contributed by atoms with van der Waals surface area (Å²) in [6.45, 7) is 5.05. The molecule has 3 aliphatic rings. The molecular formula is C23H29BN2O2. The van der Waals surface area contributed by atoms with Crippen LogP contribution in [0.15, 0.2) is 48.5 Å². The summed E-state index contributed by atoms with van der Waals surface area (Å²) in [7, 11) is -0.736. The Labute approximate surface area is 168 Å². The fourth-order valence-electron chi connectivity index (χ4n) is 4.80. The van der Waals surface area contributed by atoms with Gasteiger partial charge in [0, 0.05) is 18.5 Å². The summed E-state index contributed by atoms with van der Waals surface area (Å²) in [5.74, 6) is 1.53. The minimum Gasteiger partial charge on any atom is -0.423 e. The maximum atomic E-state index is 9.76. The van der Waals surface area contributed by atoms with Crippen LogP contribution < -0.4 is 10.8 Å². The molecule has 1 saturated heterocycles. The van der Waals surface area contributed by atoms with E-state index >= 15 is 0 Å². The molecule has 2 atom stereocenters. The Balaban J connectivity index is 1.05. The van der Waals surface area contributed by atoms with Crippen molar-refractivity contribution in [1.29, 1.82) is 0 Å². The minimum absolute atomic E-state index is 0.531. The average molecular weight is 376 g/mol. The number of hydrogen-bond acceptors (Lipinski definition) is 4. The predicted octanol–water partition coefficient (Wildman–Crippen LogP) is 2.26. The van der Waals surface area contributed by atoms with E-state index < -0.39 is 7.12 Å². The molecule has 28 heavy (non-hydrogen) atoms. The van der Waals surface area contributed by atoms with Crippen molar-refractivity contribution in [1.82, 2.24) is 10.2 Å². The van der Waals surface area contributed by atoms with Crippen molar-refractivity contribution in [3.05, 3.63) is 65.2 Å². The van der Waals surface area contributed by atoms with Gasteiger partial charge in [0.05, 0.1) is 6.61 Å². The van der Waals surface area contributed by atoms with Crippen LogP contribution in [-0.2, 0) is 17.8 Å². The molecule has 2 heterocycles. The number of nitrogens with one attached hydrogen (secondary N) is 1. The van der Waals surface area contributed by atoms with Crippen LogP contribution in [0.5, 0.6) is 0 Å². The van der Waals surface area contributed by atoms with Gasteiger partial charge in [-0.25, -0.2) is 0 Å². The van der Waals surface area contributed by atoms with Crippen LogP contribution in [0.4, 0.5) is 0 Å². The molecule has 1 aliphatic carbocycles. The van der Waals surface area contributed by atoms with Crippen molar-refractivity contribution in [3.63, 3.8) is 0 Å². The summed E-state index contributed by atoms with van der Waals surface area (Å²) in [6, 6.07) is 18.0. The highest BCUT2D eigenvalue weighted by Gasteiger charge is 2.38. The van der Waals surface area contributed by atoms with Crippen molar-refractivity contribution in [2.75, 3.05) is 19.6 Å². The highest BCUT2D eigenvalue weighted by atomic mass is 16.5. The minimum atomic E-state index is -0.736. The van der Waals surface area contributed by atoms with Crippen molar-refractivity contribution in [3.8, 4) is 0 Å². The van der Waals surface area contributed by atoms with E-state index in [2.05, 4.69) is 52.7 Å². The number of hydrogen-bond donors (Lipinski definition) is 2. The molecule has 0 unspecified atom stereocenters. The number of piperidine rings is 1. The molecular weight excluding hydrogens is 347 g/mol. The second-order valence-electron chi connectivity index (χ2n) is 8.68. The van der Waals surface area contributed by atoms with Crippen molar-refractivity contribution in [2.24, 2.45) is 5.92 Å². The van der Waals surface area contributed by atoms with E-state index in [1.807, 2.05) is 6.07 Å². The van der Waals surface area contributed by atoms with E-state index in [4.69, 9.17) is 4.65 Å². The Morgan fingerprint density at radius 3 is 2.75 bits per heavy atom. The first kappa shape index (κ1) is 18.4. The van der Waals surface area contributed by atoms with E-state index in [1.54, 1.807) is 0 Å². The Morgan fingerprint density at radius 2 is 1.93 bits per heavy atom. The number of benzene rings is 2. The zero-order chi connectivity index (χ0) is 18.9. The molecule has 2 aliphatic heterocycles. The lowest BCUT2D eigenvalue weighted by Crippen LogP contribution is -2.37. The van der Waals surface area contributed by atoms with Crippen LogP contribution in [0.3, 0.4) is 0 Å². The molecule has 2 aromatic rings. The lowest BCUT2D eigenvalue weighted by Gasteiger charge is -2.32. The highest BCUT2D eigenvalue weighted by molar-refractivity contribution is 6.61. The van der Waals surface area contributed by atoms with Crippen LogP contribution in [0, 0.1) is 5.92 Å². The molecule has 0 amide bonds. The van der Waals surface area contributed by atoms with Gasteiger partial charge < -0.3 is 15.0 Å². The monoisotopic (exact) mass is 376 g/mol. The predicted molar refractivity (Wildman–Crippen MR) is 112 cm³/mol. The van der Waals surface area contributed by atoms with Gasteiger partial charge in [-0.15, -0.1) is 0 Å². The number of rotatable bonds is 6. The molecule has 146 valence electrons. The Hall–Kier alpha value is -1.66. The summed E-state index contributed by atoms with van der Waals surface area (Å²) in [5, 5.41) is 13.6. The van der Waals surface area contributed by atoms with Crippen molar-refractivity contribution < 1.29 is 9.68 Å². The maximum absolute atomic E-state index is 9.76. The van der Waals surface area contributed by atoms with E-state index in [0.717, 1.165) is 36.0 Å². The molecule has 1 saturated carbocycles. The van der Waals surface area contributed by atoms with Gasteiger partial charge in [-0.05, 0) is 67.0 Å². The summed E-state index contributed by atoms with van der Waals surface area (Å²) >= 11 is 0. The fraction of sp³-hybridized carbons (Fsp3) is 0.478. The van der Waals surface area contributed by atoms with Crippen LogP contribution in [-0.4, -0.2) is 42.7 Å². The van der Waals surface area contributed by atoms with Gasteiger partial charge >= 0.3 is 7.12 Å². The first-order chi connectivity index (χ1) is 13.8. The van der Waals surface area contributed by atoms with Gasteiger partial charge in [0.1, 0.15) is 0 Å². The second-order valence-corrected chi connectivity index (χ2v) is 8.68. The lowest BCUT2D eigenvalue weighted by atomic mass is 9.79. The molecule has 5 heteroatoms. The highest BCUT2D eigenvalue weighted by Crippen LogP contribution is 2.40. The van der Waals surface area contributed by atoms with Crippen molar-refractivity contribution >= 4 is 12.6 Å². The largest absolute Gasteiger partial charge is 0.491 e. The lowest BCUT2D eigenvalue weighted by molar-refractivity contribution is 0.175. The summed E-state index contributed by atoms with van der Waals surface area (Å²) in [4.78, 5) is 2.56. The van der Waals surface area contributed by atoms with Gasteiger partial charge in [-0.3, -0.25) is 4.90 Å². The molecule has 0 radical (unpaired) electrons. The zero-order valence-electron chi connectivity index (χ0n) is 16.4. The molecule has 0 aromatic heterocycles. The van der Waals surface area contributed by atoms with E-state index in [-0.39, 0.29) is 0 Å². The first-order valence-electron chi connectivity index (χ1n) is 10.7. The summed E-state index contributed by atoms with van der Waals surface area (Å²) in [6.07, 6.45) is 3.85. The molecule has 4 nitrogen and oxygen atoms in total. The van der Waals surface area contributed by atoms with Gasteiger partial charge in [-0.1, -0.05) is 48.5 Å². The van der Waals surface area contributed by atoms with Gasteiger partial charge in [0.2, 0.25) is 0 Å². The molecule has 2 N–H and O–H groups in total. The number of fused-ring (bicyclic) bond motifs is 1. The fourth-order valence-corrected chi connectivity index (χ4v) is 4.80. The topological polar surface area (TPSA) is 44.7 Å². The van der Waals surface area contributed by atoms with Crippen LogP contribution in [0.1, 0.15) is 41.9 Å². The Morgan fingerprint density at radius 1 is 1.11 bits per heavy atom. The van der Waals surface area contributed by atoms with Crippen LogP contribution >= 0.6 is 0 Å². The average Bonchev–Trinajstić information content (AvgIpc) is 3.43. The quantitative estimate of drug-likeness (QED) is 0.760. The molecule has 0 bridgehead atoms. The van der Waals surface area contributed by atoms with Crippen LogP contribution in [0.25, 0.3) is 0 Å². The Bertz CT molecular complexity index is 808. The molecule has 0 spiro atoms. The third-order valence-electron chi connectivity index (χ3n) is 6.67. The van der Waals surface area contributed by atoms with Crippen LogP contribution in [0.2, 0.25) is 0 Å². The standard InChI is InChI=1S/C23H29BN2O2/c27-24-22-7-6-18(12-20(22)16-28-24)15-26-10-8-17(9-11-26)14-25-23-13-21(23)19-4-2-1-3-5-19/h1-7,12,17,21,23,25,27H,8-11,13-16H2/t21-,23+/m0/s1. The second kappa shape index (κ2) is 8.00. The normalized spacial score (nSPS) is 25.1. The summed E-state index contributed by atoms with van der Waals surface area (Å²) < 4.78 is 5.30. The van der Waals surface area contributed by atoms with E-state index in [1.165, 1.54) is 43.5 Å². The first-order valence-corrected chi connectivity index (χ1v) is 10.7. The van der Waals surface area contributed by atoms with Crippen molar-refractivity contribution in [2.45, 2.75) is 44.4 Å². The third-order valence-corrected chi connectivity index (χ3v) is 6.67.